The summed E-state index contributed by atoms with van der Waals surface area (Å²) in [6.07, 6.45) is 5.13. The van der Waals surface area contributed by atoms with E-state index in [2.05, 4.69) is 5.32 Å². The largest absolute Gasteiger partial charge is 0.313 e. The summed E-state index contributed by atoms with van der Waals surface area (Å²) < 4.78 is 26.2. The summed E-state index contributed by atoms with van der Waals surface area (Å²) in [5.74, 6) is 0.295. The van der Waals surface area contributed by atoms with Crippen molar-refractivity contribution < 1.29 is 8.42 Å². The lowest BCUT2D eigenvalue weighted by molar-refractivity contribution is 0.399. The van der Waals surface area contributed by atoms with Crippen LogP contribution in [0.25, 0.3) is 0 Å². The number of rotatable bonds is 6. The minimum Gasteiger partial charge on any atom is -0.313 e. The third-order valence-electron chi connectivity index (χ3n) is 3.33. The maximum atomic E-state index is 12.2. The van der Waals surface area contributed by atoms with Crippen molar-refractivity contribution in [3.8, 4) is 0 Å². The minimum atomic E-state index is -3.03. The maximum Gasteiger partial charge on any atom is 0.215 e. The van der Waals surface area contributed by atoms with Crippen molar-refractivity contribution in [2.24, 2.45) is 0 Å². The summed E-state index contributed by atoms with van der Waals surface area (Å²) >= 11 is 0. The highest BCUT2D eigenvalue weighted by Gasteiger charge is 2.37. The van der Waals surface area contributed by atoms with Gasteiger partial charge in [0.15, 0.2) is 0 Å². The zero-order chi connectivity index (χ0) is 11.6. The average Bonchev–Trinajstić information content (AvgIpc) is 2.93. The highest BCUT2D eigenvalue weighted by molar-refractivity contribution is 7.89. The topological polar surface area (TPSA) is 49.4 Å². The smallest absolute Gasteiger partial charge is 0.215 e. The van der Waals surface area contributed by atoms with Gasteiger partial charge in [0.1, 0.15) is 0 Å². The number of hydrogen-bond donors (Lipinski definition) is 1. The molecule has 2 fully saturated rings. The second kappa shape index (κ2) is 5.02. The van der Waals surface area contributed by atoms with E-state index in [1.165, 1.54) is 0 Å². The first-order valence-electron chi connectivity index (χ1n) is 6.36. The molecule has 0 spiro atoms. The maximum absolute atomic E-state index is 12.2. The molecule has 1 aliphatic carbocycles. The van der Waals surface area contributed by atoms with Gasteiger partial charge in [0.2, 0.25) is 10.0 Å². The Morgan fingerprint density at radius 2 is 2.06 bits per heavy atom. The molecule has 0 aromatic heterocycles. The van der Waals surface area contributed by atoms with E-state index in [0.717, 1.165) is 38.6 Å². The van der Waals surface area contributed by atoms with E-state index in [1.807, 2.05) is 6.92 Å². The summed E-state index contributed by atoms with van der Waals surface area (Å²) in [6.45, 7) is 3.70. The minimum absolute atomic E-state index is 0.183. The van der Waals surface area contributed by atoms with Gasteiger partial charge < -0.3 is 5.32 Å². The van der Waals surface area contributed by atoms with Crippen LogP contribution in [-0.2, 0) is 10.0 Å². The van der Waals surface area contributed by atoms with Crippen LogP contribution in [0.3, 0.4) is 0 Å². The summed E-state index contributed by atoms with van der Waals surface area (Å²) in [6, 6.07) is 0.495. The van der Waals surface area contributed by atoms with Gasteiger partial charge in [-0.25, -0.2) is 8.42 Å². The number of sulfonamides is 1. The van der Waals surface area contributed by atoms with E-state index in [4.69, 9.17) is 0 Å². The quantitative estimate of drug-likeness (QED) is 0.759. The number of nitrogens with zero attached hydrogens (tertiary/aromatic N) is 1. The van der Waals surface area contributed by atoms with Crippen molar-refractivity contribution in [1.29, 1.82) is 0 Å². The lowest BCUT2D eigenvalue weighted by Crippen LogP contribution is -2.41. The molecule has 0 amide bonds. The van der Waals surface area contributed by atoms with E-state index >= 15 is 0 Å². The van der Waals surface area contributed by atoms with E-state index in [1.54, 1.807) is 4.31 Å². The van der Waals surface area contributed by atoms with Crippen LogP contribution >= 0.6 is 0 Å². The third-order valence-corrected chi connectivity index (χ3v) is 5.35. The summed E-state index contributed by atoms with van der Waals surface area (Å²) in [5, 5.41) is 3.26. The van der Waals surface area contributed by atoms with Gasteiger partial charge in [0.05, 0.1) is 5.75 Å². The second-order valence-electron chi connectivity index (χ2n) is 4.91. The fourth-order valence-electron chi connectivity index (χ4n) is 2.38. The molecule has 0 bridgehead atoms. The molecule has 1 unspecified atom stereocenters. The van der Waals surface area contributed by atoms with Gasteiger partial charge in [-0.1, -0.05) is 6.92 Å². The third kappa shape index (κ3) is 2.96. The Labute approximate surface area is 98.4 Å². The van der Waals surface area contributed by atoms with Crippen molar-refractivity contribution in [1.82, 2.24) is 9.62 Å². The van der Waals surface area contributed by atoms with Crippen LogP contribution in [0.2, 0.25) is 0 Å². The molecule has 1 saturated heterocycles. The van der Waals surface area contributed by atoms with Crippen molar-refractivity contribution in [3.05, 3.63) is 0 Å². The van der Waals surface area contributed by atoms with E-state index < -0.39 is 10.0 Å². The fraction of sp³-hybridized carbons (Fsp3) is 1.00. The molecule has 4 nitrogen and oxygen atoms in total. The molecule has 94 valence electrons. The molecule has 1 N–H and O–H groups in total. The number of hydrogen-bond acceptors (Lipinski definition) is 3. The normalized spacial score (nSPS) is 26.5. The lowest BCUT2D eigenvalue weighted by Gasteiger charge is -2.23. The summed E-state index contributed by atoms with van der Waals surface area (Å²) in [4.78, 5) is 0. The van der Waals surface area contributed by atoms with Gasteiger partial charge in [-0.15, -0.1) is 0 Å². The molecule has 5 heteroatoms. The van der Waals surface area contributed by atoms with Crippen molar-refractivity contribution in [2.75, 3.05) is 18.8 Å². The Morgan fingerprint density at radius 3 is 2.56 bits per heavy atom. The van der Waals surface area contributed by atoms with Gasteiger partial charge in [-0.05, 0) is 38.6 Å². The molecule has 1 heterocycles. The number of nitrogens with one attached hydrogen (secondary N) is 1. The zero-order valence-electron chi connectivity index (χ0n) is 9.98. The van der Waals surface area contributed by atoms with Crippen LogP contribution < -0.4 is 5.32 Å². The van der Waals surface area contributed by atoms with Crippen molar-refractivity contribution >= 4 is 10.0 Å². The molecule has 2 aliphatic rings. The monoisotopic (exact) mass is 246 g/mol. The van der Waals surface area contributed by atoms with Crippen LogP contribution in [0, 0.1) is 0 Å². The average molecular weight is 246 g/mol. The SMILES string of the molecule is CCCN(C1CC1)S(=O)(=O)CC1CCCN1. The van der Waals surface area contributed by atoms with Crippen LogP contribution in [0.15, 0.2) is 0 Å². The molecule has 1 atom stereocenters. The van der Waals surface area contributed by atoms with Gasteiger partial charge in [0.25, 0.3) is 0 Å². The highest BCUT2D eigenvalue weighted by Crippen LogP contribution is 2.30. The van der Waals surface area contributed by atoms with Gasteiger partial charge in [-0.3, -0.25) is 0 Å². The Morgan fingerprint density at radius 1 is 1.31 bits per heavy atom. The van der Waals surface area contributed by atoms with Crippen LogP contribution in [0.4, 0.5) is 0 Å². The predicted octanol–water partition coefficient (Wildman–Crippen LogP) is 0.943. The van der Waals surface area contributed by atoms with E-state index in [-0.39, 0.29) is 6.04 Å². The van der Waals surface area contributed by atoms with Crippen molar-refractivity contribution in [2.45, 2.75) is 51.1 Å². The van der Waals surface area contributed by atoms with Crippen molar-refractivity contribution in [3.63, 3.8) is 0 Å². The molecule has 0 radical (unpaired) electrons. The van der Waals surface area contributed by atoms with Gasteiger partial charge in [-0.2, -0.15) is 4.31 Å². The van der Waals surface area contributed by atoms with Gasteiger partial charge >= 0.3 is 0 Å². The molecule has 2 rings (SSSR count). The highest BCUT2D eigenvalue weighted by atomic mass is 32.2. The lowest BCUT2D eigenvalue weighted by atomic mass is 10.3. The predicted molar refractivity (Wildman–Crippen MR) is 64.8 cm³/mol. The molecule has 16 heavy (non-hydrogen) atoms. The molecule has 0 aromatic rings. The fourth-order valence-corrected chi connectivity index (χ4v) is 4.49. The Balaban J connectivity index is 1.97. The van der Waals surface area contributed by atoms with Gasteiger partial charge in [0, 0.05) is 18.6 Å². The first-order valence-corrected chi connectivity index (χ1v) is 7.97. The van der Waals surface area contributed by atoms with Crippen LogP contribution in [0.5, 0.6) is 0 Å². The standard InChI is InChI=1S/C11H22N2O2S/c1-2-8-13(11-5-6-11)16(14,15)9-10-4-3-7-12-10/h10-12H,2-9H2,1H3. The zero-order valence-corrected chi connectivity index (χ0v) is 10.8. The second-order valence-corrected chi connectivity index (χ2v) is 6.88. The molecule has 0 aromatic carbocycles. The summed E-state index contributed by atoms with van der Waals surface area (Å²) in [7, 11) is -3.03. The Bertz CT molecular complexity index is 319. The molecule has 1 aliphatic heterocycles. The molecular weight excluding hydrogens is 224 g/mol. The first-order chi connectivity index (χ1) is 7.63. The molecule has 1 saturated carbocycles. The van der Waals surface area contributed by atoms with E-state index in [9.17, 15) is 8.42 Å². The first kappa shape index (κ1) is 12.3. The summed E-state index contributed by atoms with van der Waals surface area (Å²) in [5.41, 5.74) is 0. The van der Waals surface area contributed by atoms with Crippen LogP contribution in [-0.4, -0.2) is 43.6 Å². The van der Waals surface area contributed by atoms with E-state index in [0.29, 0.717) is 18.3 Å². The Hall–Kier alpha value is -0.130. The Kier molecular flexibility index (Phi) is 3.87. The molecular formula is C11H22N2O2S. The van der Waals surface area contributed by atoms with Crippen LogP contribution in [0.1, 0.15) is 39.0 Å².